The van der Waals surface area contributed by atoms with E-state index >= 15 is 0 Å². The SMILES string of the molecule is CCNC(=NCc1cccc(OCC(F)(F)F)c1)NC(C)(C)C.I. The van der Waals surface area contributed by atoms with E-state index in [4.69, 9.17) is 4.74 Å². The number of nitrogens with one attached hydrogen (secondary N) is 2. The second kappa shape index (κ2) is 9.95. The van der Waals surface area contributed by atoms with Gasteiger partial charge in [-0.05, 0) is 45.4 Å². The Morgan fingerprint density at radius 3 is 2.42 bits per heavy atom. The van der Waals surface area contributed by atoms with Gasteiger partial charge in [0.05, 0.1) is 6.54 Å². The smallest absolute Gasteiger partial charge is 0.422 e. The molecule has 2 N–H and O–H groups in total. The van der Waals surface area contributed by atoms with Crippen LogP contribution in [0.2, 0.25) is 0 Å². The van der Waals surface area contributed by atoms with Gasteiger partial charge in [0.2, 0.25) is 0 Å². The largest absolute Gasteiger partial charge is 0.484 e. The van der Waals surface area contributed by atoms with Crippen molar-refractivity contribution in [3.63, 3.8) is 0 Å². The van der Waals surface area contributed by atoms with E-state index in [2.05, 4.69) is 15.6 Å². The number of hydrogen-bond acceptors (Lipinski definition) is 2. The zero-order valence-electron chi connectivity index (χ0n) is 14.3. The van der Waals surface area contributed by atoms with Crippen molar-refractivity contribution >= 4 is 29.9 Å². The Morgan fingerprint density at radius 1 is 1.21 bits per heavy atom. The Labute approximate surface area is 158 Å². The summed E-state index contributed by atoms with van der Waals surface area (Å²) < 4.78 is 41.3. The fourth-order valence-corrected chi connectivity index (χ4v) is 1.73. The zero-order chi connectivity index (χ0) is 17.5. The van der Waals surface area contributed by atoms with E-state index in [-0.39, 0.29) is 35.3 Å². The first-order chi connectivity index (χ1) is 10.6. The van der Waals surface area contributed by atoms with E-state index in [0.29, 0.717) is 12.5 Å². The van der Waals surface area contributed by atoms with Gasteiger partial charge in [0, 0.05) is 12.1 Å². The summed E-state index contributed by atoms with van der Waals surface area (Å²) >= 11 is 0. The third kappa shape index (κ3) is 10.6. The van der Waals surface area contributed by atoms with E-state index in [1.807, 2.05) is 27.7 Å². The first-order valence-electron chi connectivity index (χ1n) is 7.44. The topological polar surface area (TPSA) is 45.7 Å². The van der Waals surface area contributed by atoms with E-state index < -0.39 is 12.8 Å². The van der Waals surface area contributed by atoms with Gasteiger partial charge in [-0.25, -0.2) is 4.99 Å². The summed E-state index contributed by atoms with van der Waals surface area (Å²) in [5, 5.41) is 6.37. The van der Waals surface area contributed by atoms with Crippen molar-refractivity contribution in [2.45, 2.75) is 46.0 Å². The van der Waals surface area contributed by atoms with Gasteiger partial charge < -0.3 is 15.4 Å². The maximum Gasteiger partial charge on any atom is 0.422 e. The molecule has 0 heterocycles. The number of ether oxygens (including phenoxy) is 1. The van der Waals surface area contributed by atoms with Crippen molar-refractivity contribution in [2.75, 3.05) is 13.2 Å². The minimum absolute atomic E-state index is 0. The molecule has 8 heteroatoms. The van der Waals surface area contributed by atoms with Crippen LogP contribution in [0.25, 0.3) is 0 Å². The van der Waals surface area contributed by atoms with Crippen molar-refractivity contribution in [2.24, 2.45) is 4.99 Å². The lowest BCUT2D eigenvalue weighted by Crippen LogP contribution is -2.47. The van der Waals surface area contributed by atoms with Crippen LogP contribution in [0.1, 0.15) is 33.3 Å². The molecule has 1 rings (SSSR count). The van der Waals surface area contributed by atoms with Crippen LogP contribution in [0.3, 0.4) is 0 Å². The Kier molecular flexibility index (Phi) is 9.46. The van der Waals surface area contributed by atoms with Crippen molar-refractivity contribution < 1.29 is 17.9 Å². The average Bonchev–Trinajstić information content (AvgIpc) is 2.41. The Hall–Kier alpha value is -1.19. The van der Waals surface area contributed by atoms with Crippen molar-refractivity contribution in [3.8, 4) is 5.75 Å². The number of benzene rings is 1. The van der Waals surface area contributed by atoms with E-state index in [0.717, 1.165) is 12.1 Å². The van der Waals surface area contributed by atoms with Crippen LogP contribution < -0.4 is 15.4 Å². The molecule has 0 aliphatic rings. The van der Waals surface area contributed by atoms with Crippen LogP contribution in [-0.2, 0) is 6.54 Å². The predicted octanol–water partition coefficient (Wildman–Crippen LogP) is 4.10. The summed E-state index contributed by atoms with van der Waals surface area (Å²) in [6.07, 6.45) is -4.34. The molecule has 0 spiro atoms. The Balaban J connectivity index is 0.00000529. The monoisotopic (exact) mass is 459 g/mol. The highest BCUT2D eigenvalue weighted by Gasteiger charge is 2.28. The lowest BCUT2D eigenvalue weighted by atomic mass is 10.1. The maximum atomic E-state index is 12.2. The number of alkyl halides is 3. The van der Waals surface area contributed by atoms with Gasteiger partial charge in [-0.3, -0.25) is 0 Å². The molecule has 0 unspecified atom stereocenters. The van der Waals surface area contributed by atoms with Crippen LogP contribution in [-0.4, -0.2) is 30.8 Å². The third-order valence-electron chi connectivity index (χ3n) is 2.56. The highest BCUT2D eigenvalue weighted by atomic mass is 127. The molecule has 24 heavy (non-hydrogen) atoms. The molecule has 1 aromatic carbocycles. The molecule has 0 amide bonds. The van der Waals surface area contributed by atoms with E-state index in [9.17, 15) is 13.2 Å². The first-order valence-corrected chi connectivity index (χ1v) is 7.44. The fourth-order valence-electron chi connectivity index (χ4n) is 1.73. The second-order valence-corrected chi connectivity index (χ2v) is 6.12. The Morgan fingerprint density at radius 2 is 1.88 bits per heavy atom. The van der Waals surface area contributed by atoms with Gasteiger partial charge in [0.1, 0.15) is 5.75 Å². The van der Waals surface area contributed by atoms with Gasteiger partial charge in [-0.15, -0.1) is 24.0 Å². The van der Waals surface area contributed by atoms with Crippen molar-refractivity contribution in [1.29, 1.82) is 0 Å². The number of rotatable bonds is 5. The summed E-state index contributed by atoms with van der Waals surface area (Å²) in [6, 6.07) is 6.51. The van der Waals surface area contributed by atoms with E-state index in [1.54, 1.807) is 18.2 Å². The summed E-state index contributed by atoms with van der Waals surface area (Å²) in [6.45, 7) is 7.78. The highest BCUT2D eigenvalue weighted by molar-refractivity contribution is 14.0. The second-order valence-electron chi connectivity index (χ2n) is 6.12. The molecule has 1 aromatic rings. The third-order valence-corrected chi connectivity index (χ3v) is 2.56. The van der Waals surface area contributed by atoms with Crippen LogP contribution in [0.15, 0.2) is 29.3 Å². The molecule has 4 nitrogen and oxygen atoms in total. The lowest BCUT2D eigenvalue weighted by Gasteiger charge is -2.23. The van der Waals surface area contributed by atoms with Gasteiger partial charge in [0.25, 0.3) is 0 Å². The number of halogens is 4. The molecule has 0 aliphatic carbocycles. The van der Waals surface area contributed by atoms with Gasteiger partial charge >= 0.3 is 6.18 Å². The number of nitrogens with zero attached hydrogens (tertiary/aromatic N) is 1. The van der Waals surface area contributed by atoms with Crippen LogP contribution in [0.4, 0.5) is 13.2 Å². The summed E-state index contributed by atoms with van der Waals surface area (Å²) in [4.78, 5) is 4.44. The molecule has 0 fully saturated rings. The number of hydrogen-bond donors (Lipinski definition) is 2. The van der Waals surface area contributed by atoms with Gasteiger partial charge in [-0.2, -0.15) is 13.2 Å². The standard InChI is InChI=1S/C16H24F3N3O.HI/c1-5-20-14(22-15(2,3)4)21-10-12-7-6-8-13(9-12)23-11-16(17,18)19;/h6-9H,5,10-11H2,1-4H3,(H2,20,21,22);1H. The van der Waals surface area contributed by atoms with Crippen LogP contribution >= 0.6 is 24.0 Å². The van der Waals surface area contributed by atoms with Gasteiger partial charge in [0.15, 0.2) is 12.6 Å². The minimum atomic E-state index is -4.34. The predicted molar refractivity (Wildman–Crippen MR) is 101 cm³/mol. The fraction of sp³-hybridized carbons (Fsp3) is 0.562. The molecule has 138 valence electrons. The summed E-state index contributed by atoms with van der Waals surface area (Å²) in [5.74, 6) is 0.838. The molecular weight excluding hydrogens is 434 g/mol. The summed E-state index contributed by atoms with van der Waals surface area (Å²) in [7, 11) is 0. The minimum Gasteiger partial charge on any atom is -0.484 e. The molecule has 0 radical (unpaired) electrons. The molecule has 0 saturated carbocycles. The van der Waals surface area contributed by atoms with Crippen LogP contribution in [0, 0.1) is 0 Å². The molecule has 0 saturated heterocycles. The zero-order valence-corrected chi connectivity index (χ0v) is 16.7. The summed E-state index contributed by atoms with van der Waals surface area (Å²) in [5.41, 5.74) is 0.634. The molecule has 0 aliphatic heterocycles. The molecule has 0 bridgehead atoms. The van der Waals surface area contributed by atoms with E-state index in [1.165, 1.54) is 6.07 Å². The quantitative estimate of drug-likeness (QED) is 0.396. The number of aliphatic imine (C=N–C) groups is 1. The first kappa shape index (κ1) is 22.8. The Bertz CT molecular complexity index is 528. The van der Waals surface area contributed by atoms with Crippen molar-refractivity contribution in [1.82, 2.24) is 10.6 Å². The maximum absolute atomic E-state index is 12.2. The normalized spacial score (nSPS) is 12.4. The molecular formula is C16H25F3IN3O. The van der Waals surface area contributed by atoms with Crippen molar-refractivity contribution in [3.05, 3.63) is 29.8 Å². The average molecular weight is 459 g/mol. The highest BCUT2D eigenvalue weighted by Crippen LogP contribution is 2.19. The van der Waals surface area contributed by atoms with Crippen LogP contribution in [0.5, 0.6) is 5.75 Å². The molecule has 0 atom stereocenters. The van der Waals surface area contributed by atoms with Gasteiger partial charge in [-0.1, -0.05) is 12.1 Å². The molecule has 0 aromatic heterocycles. The lowest BCUT2D eigenvalue weighted by molar-refractivity contribution is -0.153. The number of guanidine groups is 1.